The largest absolute Gasteiger partial charge is 0.378 e. The van der Waals surface area contributed by atoms with E-state index in [1.165, 1.54) is 22.4 Å². The van der Waals surface area contributed by atoms with E-state index in [1.807, 2.05) is 7.05 Å². The fraction of sp³-hybridized carbons (Fsp3) is 0.294. The molecule has 0 bridgehead atoms. The van der Waals surface area contributed by atoms with Crippen LogP contribution in [0.5, 0.6) is 0 Å². The van der Waals surface area contributed by atoms with Crippen LogP contribution in [0.4, 0.5) is 5.69 Å². The first-order valence-electron chi connectivity index (χ1n) is 6.67. The highest BCUT2D eigenvalue weighted by molar-refractivity contribution is 5.66. The van der Waals surface area contributed by atoms with Crippen LogP contribution in [0.25, 0.3) is 11.1 Å². The molecule has 0 radical (unpaired) electrons. The predicted octanol–water partition coefficient (Wildman–Crippen LogP) is 3.70. The summed E-state index contributed by atoms with van der Waals surface area (Å²) < 4.78 is 0. The Balaban J connectivity index is 2.22. The topological polar surface area (TPSA) is 15.3 Å². The van der Waals surface area contributed by atoms with Gasteiger partial charge in [0.1, 0.15) is 0 Å². The molecule has 1 unspecified atom stereocenters. The van der Waals surface area contributed by atoms with Crippen molar-refractivity contribution in [3.63, 3.8) is 0 Å². The smallest absolute Gasteiger partial charge is 0.0361 e. The minimum absolute atomic E-state index is 0.394. The zero-order valence-corrected chi connectivity index (χ0v) is 12.1. The molecule has 0 spiro atoms. The monoisotopic (exact) mass is 254 g/mol. The van der Waals surface area contributed by atoms with E-state index in [0.29, 0.717) is 6.04 Å². The van der Waals surface area contributed by atoms with Crippen molar-refractivity contribution in [1.29, 1.82) is 0 Å². The maximum Gasteiger partial charge on any atom is 0.0361 e. The summed E-state index contributed by atoms with van der Waals surface area (Å²) in [5, 5.41) is 3.25. The summed E-state index contributed by atoms with van der Waals surface area (Å²) in [5.74, 6) is 0. The third-order valence-corrected chi connectivity index (χ3v) is 3.56. The van der Waals surface area contributed by atoms with Crippen molar-refractivity contribution in [1.82, 2.24) is 5.32 Å². The van der Waals surface area contributed by atoms with Crippen LogP contribution in [0.15, 0.2) is 48.5 Å². The van der Waals surface area contributed by atoms with Gasteiger partial charge in [-0.05, 0) is 42.8 Å². The van der Waals surface area contributed by atoms with Gasteiger partial charge in [-0.2, -0.15) is 0 Å². The second-order valence-electron chi connectivity index (χ2n) is 5.07. The fourth-order valence-electron chi connectivity index (χ4n) is 2.08. The Hall–Kier alpha value is -1.80. The van der Waals surface area contributed by atoms with E-state index >= 15 is 0 Å². The lowest BCUT2D eigenvalue weighted by Gasteiger charge is -2.13. The van der Waals surface area contributed by atoms with Crippen molar-refractivity contribution in [2.45, 2.75) is 13.0 Å². The molecule has 0 aliphatic rings. The van der Waals surface area contributed by atoms with Gasteiger partial charge in [0.15, 0.2) is 0 Å². The highest BCUT2D eigenvalue weighted by atomic mass is 15.1. The van der Waals surface area contributed by atoms with Gasteiger partial charge in [-0.15, -0.1) is 0 Å². The van der Waals surface area contributed by atoms with Gasteiger partial charge < -0.3 is 10.2 Å². The Morgan fingerprint density at radius 3 is 1.74 bits per heavy atom. The van der Waals surface area contributed by atoms with Crippen LogP contribution in [0.1, 0.15) is 18.5 Å². The molecule has 0 aromatic heterocycles. The first kappa shape index (κ1) is 13.6. The van der Waals surface area contributed by atoms with Crippen LogP contribution in [-0.4, -0.2) is 21.1 Å². The number of rotatable bonds is 4. The zero-order valence-electron chi connectivity index (χ0n) is 12.1. The van der Waals surface area contributed by atoms with Crippen LogP contribution in [0, 0.1) is 0 Å². The molecule has 0 fully saturated rings. The Morgan fingerprint density at radius 2 is 1.32 bits per heavy atom. The molecule has 0 aliphatic heterocycles. The first-order valence-corrected chi connectivity index (χ1v) is 6.67. The summed E-state index contributed by atoms with van der Waals surface area (Å²) in [6.07, 6.45) is 0. The van der Waals surface area contributed by atoms with E-state index in [0.717, 1.165) is 0 Å². The highest BCUT2D eigenvalue weighted by Crippen LogP contribution is 2.24. The standard InChI is InChI=1S/C17H22N2/c1-13(18-2)14-5-7-15(8-6-14)16-9-11-17(12-10-16)19(3)4/h5-13,18H,1-4H3. The Kier molecular flexibility index (Phi) is 4.23. The summed E-state index contributed by atoms with van der Waals surface area (Å²) in [5.41, 5.74) is 5.06. The molecule has 19 heavy (non-hydrogen) atoms. The molecule has 0 aliphatic carbocycles. The second-order valence-corrected chi connectivity index (χ2v) is 5.07. The molecule has 2 aromatic carbocycles. The van der Waals surface area contributed by atoms with E-state index in [1.54, 1.807) is 0 Å². The molecular weight excluding hydrogens is 232 g/mol. The molecule has 2 heteroatoms. The summed E-state index contributed by atoms with van der Waals surface area (Å²) in [7, 11) is 6.10. The SMILES string of the molecule is CNC(C)c1ccc(-c2ccc(N(C)C)cc2)cc1. The molecular formula is C17H22N2. The Labute approximate surface area is 116 Å². The second kappa shape index (κ2) is 5.89. The van der Waals surface area contributed by atoms with Crippen LogP contribution in [0.3, 0.4) is 0 Å². The van der Waals surface area contributed by atoms with Crippen LogP contribution >= 0.6 is 0 Å². The lowest BCUT2D eigenvalue weighted by atomic mass is 10.0. The van der Waals surface area contributed by atoms with Gasteiger partial charge in [-0.1, -0.05) is 36.4 Å². The van der Waals surface area contributed by atoms with Crippen molar-refractivity contribution in [3.8, 4) is 11.1 Å². The van der Waals surface area contributed by atoms with Crippen molar-refractivity contribution >= 4 is 5.69 Å². The number of anilines is 1. The molecule has 2 rings (SSSR count). The average Bonchev–Trinajstić information content (AvgIpc) is 2.46. The van der Waals surface area contributed by atoms with Gasteiger partial charge in [-0.25, -0.2) is 0 Å². The molecule has 0 heterocycles. The first-order chi connectivity index (χ1) is 9.11. The molecule has 1 N–H and O–H groups in total. The third kappa shape index (κ3) is 3.15. The maximum absolute atomic E-state index is 3.25. The molecule has 2 nitrogen and oxygen atoms in total. The highest BCUT2D eigenvalue weighted by Gasteiger charge is 2.03. The number of nitrogens with one attached hydrogen (secondary N) is 1. The van der Waals surface area contributed by atoms with Gasteiger partial charge in [0.2, 0.25) is 0 Å². The molecule has 1 atom stereocenters. The molecule has 2 aromatic rings. The number of nitrogens with zero attached hydrogens (tertiary/aromatic N) is 1. The summed E-state index contributed by atoms with van der Waals surface area (Å²) >= 11 is 0. The van der Waals surface area contributed by atoms with Crippen molar-refractivity contribution in [3.05, 3.63) is 54.1 Å². The van der Waals surface area contributed by atoms with Crippen LogP contribution < -0.4 is 10.2 Å². The quantitative estimate of drug-likeness (QED) is 0.895. The molecule has 0 saturated heterocycles. The lowest BCUT2D eigenvalue weighted by molar-refractivity contribution is 0.652. The van der Waals surface area contributed by atoms with Gasteiger partial charge >= 0.3 is 0 Å². The zero-order chi connectivity index (χ0) is 13.8. The Morgan fingerprint density at radius 1 is 0.842 bits per heavy atom. The van der Waals surface area contributed by atoms with Crippen LogP contribution in [-0.2, 0) is 0 Å². The molecule has 0 amide bonds. The minimum atomic E-state index is 0.394. The average molecular weight is 254 g/mol. The minimum Gasteiger partial charge on any atom is -0.378 e. The summed E-state index contributed by atoms with van der Waals surface area (Å²) in [4.78, 5) is 2.11. The van der Waals surface area contributed by atoms with E-state index < -0.39 is 0 Å². The maximum atomic E-state index is 3.25. The molecule has 100 valence electrons. The van der Waals surface area contributed by atoms with Gasteiger partial charge in [0.05, 0.1) is 0 Å². The van der Waals surface area contributed by atoms with Crippen LogP contribution in [0.2, 0.25) is 0 Å². The van der Waals surface area contributed by atoms with Crippen molar-refractivity contribution in [2.75, 3.05) is 26.0 Å². The van der Waals surface area contributed by atoms with Gasteiger partial charge in [0.25, 0.3) is 0 Å². The Bertz CT molecular complexity index is 512. The normalized spacial score (nSPS) is 12.2. The summed E-state index contributed by atoms with van der Waals surface area (Å²) in [6.45, 7) is 2.17. The molecule has 0 saturated carbocycles. The third-order valence-electron chi connectivity index (χ3n) is 3.56. The number of benzene rings is 2. The fourth-order valence-corrected chi connectivity index (χ4v) is 2.08. The van der Waals surface area contributed by atoms with E-state index in [9.17, 15) is 0 Å². The van der Waals surface area contributed by atoms with Crippen molar-refractivity contribution in [2.24, 2.45) is 0 Å². The van der Waals surface area contributed by atoms with Crippen molar-refractivity contribution < 1.29 is 0 Å². The summed E-state index contributed by atoms with van der Waals surface area (Å²) in [6, 6.07) is 17.8. The predicted molar refractivity (Wildman–Crippen MR) is 83.7 cm³/mol. The van der Waals surface area contributed by atoms with E-state index in [-0.39, 0.29) is 0 Å². The lowest BCUT2D eigenvalue weighted by Crippen LogP contribution is -2.11. The number of hydrogen-bond donors (Lipinski definition) is 1. The van der Waals surface area contributed by atoms with E-state index in [4.69, 9.17) is 0 Å². The van der Waals surface area contributed by atoms with Gasteiger partial charge in [0, 0.05) is 25.8 Å². The van der Waals surface area contributed by atoms with Gasteiger partial charge in [-0.3, -0.25) is 0 Å². The number of hydrogen-bond acceptors (Lipinski definition) is 2. The van der Waals surface area contributed by atoms with E-state index in [2.05, 4.69) is 79.8 Å².